The largest absolute Gasteiger partial charge is 0.497 e. The molecule has 0 atom stereocenters. The van der Waals surface area contributed by atoms with E-state index < -0.39 is 5.82 Å². The van der Waals surface area contributed by atoms with Crippen molar-refractivity contribution >= 4 is 27.4 Å². The van der Waals surface area contributed by atoms with Crippen LogP contribution in [0.1, 0.15) is 5.56 Å². The molecule has 0 aliphatic rings. The molecule has 0 unspecified atom stereocenters. The van der Waals surface area contributed by atoms with Gasteiger partial charge in [0.15, 0.2) is 11.6 Å². The van der Waals surface area contributed by atoms with Gasteiger partial charge in [-0.3, -0.25) is 0 Å². The first-order valence-electron chi connectivity index (χ1n) is 5.33. The maximum atomic E-state index is 13.6. The lowest BCUT2D eigenvalue weighted by Gasteiger charge is -2.10. The van der Waals surface area contributed by atoms with Crippen molar-refractivity contribution in [3.63, 3.8) is 0 Å². The lowest BCUT2D eigenvalue weighted by atomic mass is 10.2. The minimum absolute atomic E-state index is 0.200. The summed E-state index contributed by atoms with van der Waals surface area (Å²) >= 11 is 3.17. The second-order valence-electron chi connectivity index (χ2n) is 3.79. The molecule has 1 aromatic heterocycles. The molecule has 5 heteroatoms. The molecule has 1 N–H and O–H groups in total. The number of hydrogen-bond acceptors (Lipinski definition) is 3. The van der Waals surface area contributed by atoms with E-state index in [4.69, 9.17) is 4.74 Å². The Hall–Kier alpha value is -1.62. The molecule has 0 saturated carbocycles. The first-order chi connectivity index (χ1) is 8.60. The highest BCUT2D eigenvalue weighted by Gasteiger charge is 2.07. The molecule has 0 spiro atoms. The number of hydrogen-bond donors (Lipinski definition) is 1. The number of nitrogens with one attached hydrogen (secondary N) is 1. The molecule has 3 nitrogen and oxygen atoms in total. The standard InChI is InChI=1S/C13H12BrFN2O/c1-8-5-10(18-2)3-4-12(8)17-13-11(15)6-9(14)7-16-13/h3-7H,1-2H3,(H,16,17). The summed E-state index contributed by atoms with van der Waals surface area (Å²) in [5.74, 6) is 0.563. The number of anilines is 2. The van der Waals surface area contributed by atoms with Gasteiger partial charge in [-0.25, -0.2) is 9.37 Å². The van der Waals surface area contributed by atoms with Crippen molar-refractivity contribution in [3.8, 4) is 5.75 Å². The lowest BCUT2D eigenvalue weighted by molar-refractivity contribution is 0.414. The smallest absolute Gasteiger partial charge is 0.166 e. The topological polar surface area (TPSA) is 34.1 Å². The maximum absolute atomic E-state index is 13.6. The predicted molar refractivity (Wildman–Crippen MR) is 72.9 cm³/mol. The predicted octanol–water partition coefficient (Wildman–Crippen LogP) is 4.04. The number of ether oxygens (including phenoxy) is 1. The van der Waals surface area contributed by atoms with E-state index in [0.29, 0.717) is 4.47 Å². The Kier molecular flexibility index (Phi) is 3.81. The van der Waals surface area contributed by atoms with Gasteiger partial charge in [0.25, 0.3) is 0 Å². The molecule has 0 amide bonds. The van der Waals surface area contributed by atoms with E-state index in [1.165, 1.54) is 6.07 Å². The number of aryl methyl sites for hydroxylation is 1. The van der Waals surface area contributed by atoms with Crippen molar-refractivity contribution < 1.29 is 9.13 Å². The van der Waals surface area contributed by atoms with E-state index in [1.54, 1.807) is 13.3 Å². The fourth-order valence-corrected chi connectivity index (χ4v) is 1.84. The summed E-state index contributed by atoms with van der Waals surface area (Å²) in [5.41, 5.74) is 1.75. The Morgan fingerprint density at radius 2 is 2.11 bits per heavy atom. The SMILES string of the molecule is COc1ccc(Nc2ncc(Br)cc2F)c(C)c1. The highest BCUT2D eigenvalue weighted by Crippen LogP contribution is 2.25. The third kappa shape index (κ3) is 2.79. The molecule has 0 fully saturated rings. The third-order valence-corrected chi connectivity index (χ3v) is 2.93. The molecule has 94 valence electrons. The van der Waals surface area contributed by atoms with Crippen LogP contribution in [-0.4, -0.2) is 12.1 Å². The Balaban J connectivity index is 2.28. The van der Waals surface area contributed by atoms with Gasteiger partial charge in [0.1, 0.15) is 5.75 Å². The van der Waals surface area contributed by atoms with Crippen LogP contribution in [0.2, 0.25) is 0 Å². The van der Waals surface area contributed by atoms with E-state index in [1.807, 2.05) is 25.1 Å². The van der Waals surface area contributed by atoms with Gasteiger partial charge < -0.3 is 10.1 Å². The van der Waals surface area contributed by atoms with Crippen LogP contribution in [-0.2, 0) is 0 Å². The van der Waals surface area contributed by atoms with Crippen LogP contribution in [0.4, 0.5) is 15.9 Å². The van der Waals surface area contributed by atoms with Crippen LogP contribution in [0, 0.1) is 12.7 Å². The molecule has 18 heavy (non-hydrogen) atoms. The number of nitrogens with zero attached hydrogens (tertiary/aromatic N) is 1. The first-order valence-corrected chi connectivity index (χ1v) is 6.12. The molecule has 1 aromatic carbocycles. The second-order valence-corrected chi connectivity index (χ2v) is 4.71. The zero-order valence-corrected chi connectivity index (χ0v) is 11.6. The quantitative estimate of drug-likeness (QED) is 0.929. The van der Waals surface area contributed by atoms with Crippen LogP contribution in [0.3, 0.4) is 0 Å². The Labute approximate surface area is 113 Å². The fourth-order valence-electron chi connectivity index (χ4n) is 1.54. The van der Waals surface area contributed by atoms with Crippen molar-refractivity contribution in [1.82, 2.24) is 4.98 Å². The number of benzene rings is 1. The summed E-state index contributed by atoms with van der Waals surface area (Å²) < 4.78 is 19.4. The number of pyridine rings is 1. The monoisotopic (exact) mass is 310 g/mol. The third-order valence-electron chi connectivity index (χ3n) is 2.49. The molecule has 2 aromatic rings. The summed E-state index contributed by atoms with van der Waals surface area (Å²) in [6, 6.07) is 6.89. The molecule has 0 radical (unpaired) electrons. The van der Waals surface area contributed by atoms with E-state index >= 15 is 0 Å². The van der Waals surface area contributed by atoms with Crippen LogP contribution in [0.15, 0.2) is 34.9 Å². The van der Waals surface area contributed by atoms with E-state index in [9.17, 15) is 4.39 Å². The van der Waals surface area contributed by atoms with Crippen molar-refractivity contribution in [2.24, 2.45) is 0 Å². The van der Waals surface area contributed by atoms with E-state index in [0.717, 1.165) is 17.0 Å². The summed E-state index contributed by atoms with van der Waals surface area (Å²) in [7, 11) is 1.61. The van der Waals surface area contributed by atoms with Gasteiger partial charge in [0, 0.05) is 16.4 Å². The van der Waals surface area contributed by atoms with Gasteiger partial charge in [0.2, 0.25) is 0 Å². The van der Waals surface area contributed by atoms with Gasteiger partial charge in [-0.05, 0) is 52.7 Å². The van der Waals surface area contributed by atoms with Crippen molar-refractivity contribution in [2.75, 3.05) is 12.4 Å². The minimum atomic E-state index is -0.403. The van der Waals surface area contributed by atoms with Gasteiger partial charge in [-0.2, -0.15) is 0 Å². The van der Waals surface area contributed by atoms with Crippen LogP contribution < -0.4 is 10.1 Å². The van der Waals surface area contributed by atoms with Gasteiger partial charge in [-0.1, -0.05) is 0 Å². The molecule has 0 aliphatic carbocycles. The van der Waals surface area contributed by atoms with Gasteiger partial charge in [0.05, 0.1) is 7.11 Å². The van der Waals surface area contributed by atoms with Gasteiger partial charge in [-0.15, -0.1) is 0 Å². The van der Waals surface area contributed by atoms with Crippen LogP contribution in [0.25, 0.3) is 0 Å². The second kappa shape index (κ2) is 5.35. The average molecular weight is 311 g/mol. The highest BCUT2D eigenvalue weighted by molar-refractivity contribution is 9.10. The molecule has 1 heterocycles. The molecular weight excluding hydrogens is 299 g/mol. The fraction of sp³-hybridized carbons (Fsp3) is 0.154. The molecule has 0 saturated heterocycles. The lowest BCUT2D eigenvalue weighted by Crippen LogP contribution is -1.99. The highest BCUT2D eigenvalue weighted by atomic mass is 79.9. The summed E-state index contributed by atoms with van der Waals surface area (Å²) in [4.78, 5) is 3.99. The molecule has 2 rings (SSSR count). The van der Waals surface area contributed by atoms with Crippen LogP contribution >= 0.6 is 15.9 Å². The number of methoxy groups -OCH3 is 1. The summed E-state index contributed by atoms with van der Waals surface area (Å²) in [5, 5.41) is 2.96. The van der Waals surface area contributed by atoms with Crippen molar-refractivity contribution in [1.29, 1.82) is 0 Å². The first kappa shape index (κ1) is 12.8. The van der Waals surface area contributed by atoms with Crippen molar-refractivity contribution in [3.05, 3.63) is 46.3 Å². The Bertz CT molecular complexity index is 575. The number of halogens is 2. The van der Waals surface area contributed by atoms with E-state index in [2.05, 4.69) is 26.2 Å². The normalized spacial score (nSPS) is 10.2. The summed E-state index contributed by atoms with van der Waals surface area (Å²) in [6.07, 6.45) is 1.55. The zero-order chi connectivity index (χ0) is 13.1. The minimum Gasteiger partial charge on any atom is -0.497 e. The molecular formula is C13H12BrFN2O. The number of aromatic nitrogens is 1. The average Bonchev–Trinajstić information content (AvgIpc) is 2.34. The Morgan fingerprint density at radius 1 is 1.33 bits per heavy atom. The molecule has 0 aliphatic heterocycles. The zero-order valence-electron chi connectivity index (χ0n) is 10.00. The maximum Gasteiger partial charge on any atom is 0.166 e. The Morgan fingerprint density at radius 3 is 2.72 bits per heavy atom. The van der Waals surface area contributed by atoms with Crippen molar-refractivity contribution in [2.45, 2.75) is 6.92 Å². The summed E-state index contributed by atoms with van der Waals surface area (Å²) in [6.45, 7) is 1.92. The van der Waals surface area contributed by atoms with Crippen LogP contribution in [0.5, 0.6) is 5.75 Å². The van der Waals surface area contributed by atoms with Gasteiger partial charge >= 0.3 is 0 Å². The van der Waals surface area contributed by atoms with E-state index in [-0.39, 0.29) is 5.82 Å². The molecule has 0 bridgehead atoms. The number of rotatable bonds is 3.